The van der Waals surface area contributed by atoms with Crippen LogP contribution in [-0.2, 0) is 62.4 Å². The zero-order valence-electron chi connectivity index (χ0n) is 41.1. The van der Waals surface area contributed by atoms with Crippen molar-refractivity contribution in [1.82, 2.24) is 42.2 Å². The molecule has 0 aliphatic carbocycles. The minimum absolute atomic E-state index is 0.0233. The van der Waals surface area contributed by atoms with Gasteiger partial charge in [0.2, 0.25) is 41.4 Å². The van der Waals surface area contributed by atoms with Gasteiger partial charge in [0.15, 0.2) is 0 Å². The van der Waals surface area contributed by atoms with Crippen LogP contribution in [0.4, 0.5) is 0 Å². The van der Waals surface area contributed by atoms with Crippen LogP contribution in [0.25, 0.3) is 10.9 Å². The van der Waals surface area contributed by atoms with Gasteiger partial charge >= 0.3 is 11.9 Å². The molecule has 15 N–H and O–H groups in total. The molecule has 0 saturated carbocycles. The number of carboxylic acids is 2. The number of rotatable bonds is 18. The molecule has 3 aromatic carbocycles. The van der Waals surface area contributed by atoms with E-state index in [1.807, 2.05) is 18.2 Å². The molecule has 1 aliphatic heterocycles. The monoisotopic (exact) mass is 1190 g/mol. The van der Waals surface area contributed by atoms with E-state index in [1.54, 1.807) is 50.4 Å². The summed E-state index contributed by atoms with van der Waals surface area (Å²) >= 11 is 2.11. The molecule has 1 aliphatic rings. The van der Waals surface area contributed by atoms with Crippen molar-refractivity contribution in [2.45, 2.75) is 107 Å². The highest BCUT2D eigenvalue weighted by atomic mass is 127. The van der Waals surface area contributed by atoms with E-state index >= 15 is 0 Å². The van der Waals surface area contributed by atoms with E-state index in [0.717, 1.165) is 36.1 Å². The Morgan fingerprint density at radius 2 is 1.27 bits per heavy atom. The zero-order chi connectivity index (χ0) is 54.8. The Kier molecular flexibility index (Phi) is 23.0. The van der Waals surface area contributed by atoms with Crippen LogP contribution in [0.5, 0.6) is 5.75 Å². The lowest BCUT2D eigenvalue weighted by Gasteiger charge is -2.29. The fourth-order valence-electron chi connectivity index (χ4n) is 7.92. The quantitative estimate of drug-likeness (QED) is 0.0375. The Hall–Kier alpha value is -6.42. The number of nitrogens with two attached hydrogens (primary N) is 2. The van der Waals surface area contributed by atoms with E-state index in [4.69, 9.17) is 11.5 Å². The lowest BCUT2D eigenvalue weighted by molar-refractivity contribution is -0.143. The first-order valence-electron chi connectivity index (χ1n) is 24.1. The molecule has 0 bridgehead atoms. The number of unbranched alkanes of at least 4 members (excludes halogenated alkanes) is 1. The van der Waals surface area contributed by atoms with E-state index in [2.05, 4.69) is 64.8 Å². The number of fused-ring (bicyclic) bond motifs is 1. The van der Waals surface area contributed by atoms with Crippen molar-refractivity contribution >= 4 is 108 Å². The van der Waals surface area contributed by atoms with E-state index in [9.17, 15) is 58.5 Å². The summed E-state index contributed by atoms with van der Waals surface area (Å²) in [7, 11) is 1.88. The number of carbonyl (C=O) groups is 9. The molecule has 75 heavy (non-hydrogen) atoms. The number of H-pyrrole nitrogens is 1. The van der Waals surface area contributed by atoms with Crippen LogP contribution in [0.1, 0.15) is 56.2 Å². The third-order valence-electron chi connectivity index (χ3n) is 12.1. The molecule has 7 amide bonds. The molecule has 25 heteroatoms. The van der Waals surface area contributed by atoms with E-state index in [-0.39, 0.29) is 49.5 Å². The summed E-state index contributed by atoms with van der Waals surface area (Å²) < 4.78 is 0.879. The fraction of sp³-hybridized carbons (Fsp3) is 0.420. The molecular weight excluding hydrogens is 1120 g/mol. The number of carbonyl (C=O) groups excluding carboxylic acids is 7. The topological polar surface area (TPSA) is 366 Å². The molecule has 0 radical (unpaired) electrons. The Morgan fingerprint density at radius 1 is 0.720 bits per heavy atom. The first-order valence-corrected chi connectivity index (χ1v) is 27.6. The lowest BCUT2D eigenvalue weighted by atomic mass is 10.0. The van der Waals surface area contributed by atoms with Crippen molar-refractivity contribution in [3.8, 4) is 5.75 Å². The highest BCUT2D eigenvalue weighted by molar-refractivity contribution is 14.1. The van der Waals surface area contributed by atoms with Crippen molar-refractivity contribution in [2.75, 3.05) is 18.1 Å². The maximum absolute atomic E-state index is 14.8. The molecule has 22 nitrogen and oxygen atoms in total. The van der Waals surface area contributed by atoms with E-state index < -0.39 is 114 Å². The van der Waals surface area contributed by atoms with E-state index in [1.165, 1.54) is 24.3 Å². The predicted octanol–water partition coefficient (Wildman–Crippen LogP) is 0.966. The number of aromatic hydroxyl groups is 1. The van der Waals surface area contributed by atoms with Gasteiger partial charge in [0, 0.05) is 51.4 Å². The average molecular weight is 1190 g/mol. The maximum Gasteiger partial charge on any atom is 0.326 e. The van der Waals surface area contributed by atoms with Gasteiger partial charge in [0.05, 0.1) is 12.5 Å². The van der Waals surface area contributed by atoms with Crippen molar-refractivity contribution in [3.63, 3.8) is 0 Å². The van der Waals surface area contributed by atoms with Crippen LogP contribution in [0.2, 0.25) is 0 Å². The number of phenols is 1. The molecule has 1 saturated heterocycles. The number of halogens is 1. The third-order valence-corrected chi connectivity index (χ3v) is 15.2. The van der Waals surface area contributed by atoms with Gasteiger partial charge in [0.25, 0.3) is 0 Å². The first kappa shape index (κ1) is 59.5. The SMILES string of the molecule is CC(C)[C@H](NC(=O)[C@@H]1CSSC[C@H](NC(=O)[C@H](N)CC(=O)O)C(=O)N[C@@H](Cc2ccc(I)cc2)C(=O)N[C@@H](Cc2c[nH]c3ccccc23)C(=O)N[C@@H](CCCCN)C(=O)N[C@@H](Cc2ccc(O)cc2)C(=O)N1)C(=O)O. The van der Waals surface area contributed by atoms with Crippen LogP contribution < -0.4 is 48.7 Å². The molecule has 2 heterocycles. The Bertz CT molecular complexity index is 2660. The molecule has 8 atom stereocenters. The van der Waals surface area contributed by atoms with Crippen LogP contribution >= 0.6 is 44.2 Å². The molecular formula is C50H63IN10O12S2. The molecule has 4 aromatic rings. The second-order valence-electron chi connectivity index (χ2n) is 18.3. The number of hydrogen-bond acceptors (Lipinski definition) is 14. The van der Waals surface area contributed by atoms with Gasteiger partial charge < -0.3 is 69.0 Å². The van der Waals surface area contributed by atoms with Crippen molar-refractivity contribution in [1.29, 1.82) is 0 Å². The number of hydrogen-bond donors (Lipinski definition) is 13. The van der Waals surface area contributed by atoms with Gasteiger partial charge in [-0.1, -0.05) is 77.9 Å². The van der Waals surface area contributed by atoms with Crippen molar-refractivity contribution in [2.24, 2.45) is 17.4 Å². The second-order valence-corrected chi connectivity index (χ2v) is 22.1. The lowest BCUT2D eigenvalue weighted by Crippen LogP contribution is -2.61. The Morgan fingerprint density at radius 3 is 1.87 bits per heavy atom. The number of carboxylic acid groups (broad SMARTS) is 2. The number of para-hydroxylation sites is 1. The molecule has 1 fully saturated rings. The van der Waals surface area contributed by atoms with Crippen LogP contribution in [-0.4, -0.2) is 140 Å². The summed E-state index contributed by atoms with van der Waals surface area (Å²) in [5, 5.41) is 48.8. The predicted molar refractivity (Wildman–Crippen MR) is 291 cm³/mol. The Balaban J connectivity index is 1.63. The van der Waals surface area contributed by atoms with Crippen molar-refractivity contribution < 1.29 is 58.5 Å². The van der Waals surface area contributed by atoms with E-state index in [0.29, 0.717) is 29.5 Å². The van der Waals surface area contributed by atoms with Gasteiger partial charge in [0.1, 0.15) is 48.0 Å². The second kappa shape index (κ2) is 29.0. The maximum atomic E-state index is 14.8. The molecule has 404 valence electrons. The fourth-order valence-corrected chi connectivity index (χ4v) is 10.6. The minimum atomic E-state index is -1.59. The first-order chi connectivity index (χ1) is 35.7. The summed E-state index contributed by atoms with van der Waals surface area (Å²) in [6.45, 7) is 3.40. The largest absolute Gasteiger partial charge is 0.508 e. The summed E-state index contributed by atoms with van der Waals surface area (Å²) in [6.07, 6.45) is 1.27. The normalized spacial score (nSPS) is 21.3. The Labute approximate surface area is 454 Å². The van der Waals surface area contributed by atoms with Crippen LogP contribution in [0.15, 0.2) is 79.0 Å². The summed E-state index contributed by atoms with van der Waals surface area (Å²) in [5.74, 6) is -10.1. The van der Waals surface area contributed by atoms with Gasteiger partial charge in [-0.05, 0) is 101 Å². The number of benzene rings is 3. The number of phenolic OH excluding ortho intramolecular Hbond substituents is 1. The standard InChI is InChI=1S/C50H63IN10O12S2/c1-26(2)42(50(72)73)61-49(71)40-25-75-74-24-39(59-43(65)33(53)22-41(63)64)48(70)57-36(19-27-10-14-30(51)15-11-27)45(67)58-38(21-29-23-54-34-8-4-3-7-32(29)34)47(69)55-35(9-5-6-18-52)44(66)56-37(46(68)60-40)20-28-12-16-31(62)17-13-28/h3-4,7-8,10-17,23,26,33,35-40,42,54,62H,5-6,9,18-22,24-25,52-53H2,1-2H3,(H,55,69)(H,56,66)(H,57,70)(H,58,67)(H,59,65)(H,60,68)(H,61,71)(H,63,64)(H,72,73)/t33-,35+,36+,37+,38+,39+,40+,42+/m1/s1. The minimum Gasteiger partial charge on any atom is -0.508 e. The summed E-state index contributed by atoms with van der Waals surface area (Å²) in [6, 6.07) is 8.57. The third kappa shape index (κ3) is 18.4. The number of aromatic amines is 1. The number of amides is 7. The van der Waals surface area contributed by atoms with Gasteiger partial charge in [-0.25, -0.2) is 4.79 Å². The molecule has 0 spiro atoms. The summed E-state index contributed by atoms with van der Waals surface area (Å²) in [5.41, 5.74) is 14.2. The molecule has 5 rings (SSSR count). The van der Waals surface area contributed by atoms with Crippen LogP contribution in [0.3, 0.4) is 0 Å². The highest BCUT2D eigenvalue weighted by Crippen LogP contribution is 2.25. The highest BCUT2D eigenvalue weighted by Gasteiger charge is 2.36. The molecule has 1 aromatic heterocycles. The van der Waals surface area contributed by atoms with Gasteiger partial charge in [-0.15, -0.1) is 0 Å². The van der Waals surface area contributed by atoms with Crippen LogP contribution in [0, 0.1) is 9.49 Å². The zero-order valence-corrected chi connectivity index (χ0v) is 44.9. The smallest absolute Gasteiger partial charge is 0.326 e. The van der Waals surface area contributed by atoms with Gasteiger partial charge in [-0.3, -0.25) is 38.4 Å². The average Bonchev–Trinajstić information content (AvgIpc) is 3.77. The number of aliphatic carboxylic acids is 2. The van der Waals surface area contributed by atoms with Crippen molar-refractivity contribution in [3.05, 3.63) is 99.3 Å². The number of aromatic nitrogens is 1. The molecule has 0 unspecified atom stereocenters. The number of nitrogens with one attached hydrogen (secondary N) is 8. The summed E-state index contributed by atoms with van der Waals surface area (Å²) in [4.78, 5) is 127. The van der Waals surface area contributed by atoms with Gasteiger partial charge in [-0.2, -0.15) is 0 Å².